The summed E-state index contributed by atoms with van der Waals surface area (Å²) in [6.07, 6.45) is 1.60. The number of anilines is 3. The van der Waals surface area contributed by atoms with Crippen LogP contribution in [0.25, 0.3) is 0 Å². The summed E-state index contributed by atoms with van der Waals surface area (Å²) in [7, 11) is 0. The van der Waals surface area contributed by atoms with Gasteiger partial charge in [-0.25, -0.2) is 0 Å². The van der Waals surface area contributed by atoms with Gasteiger partial charge in [-0.2, -0.15) is 10.1 Å². The van der Waals surface area contributed by atoms with E-state index in [0.717, 1.165) is 12.2 Å². The summed E-state index contributed by atoms with van der Waals surface area (Å²) < 4.78 is 0. The molecule has 128 valence electrons. The van der Waals surface area contributed by atoms with E-state index in [-0.39, 0.29) is 6.04 Å². The Hall–Kier alpha value is -2.66. The maximum Gasteiger partial charge on any atom is 0.247 e. The molecule has 1 heterocycles. The lowest BCUT2D eigenvalue weighted by molar-refractivity contribution is 0.653. The topological polar surface area (TPSA) is 53.9 Å². The fraction of sp³-hybridized carbons (Fsp3) is 0.211. The highest BCUT2D eigenvalue weighted by Crippen LogP contribution is 2.21. The predicted molar refractivity (Wildman–Crippen MR) is 102 cm³/mol. The zero-order valence-electron chi connectivity index (χ0n) is 14.2. The first-order valence-electron chi connectivity index (χ1n) is 8.15. The maximum atomic E-state index is 6.03. The van der Waals surface area contributed by atoms with E-state index >= 15 is 0 Å². The molecule has 0 aliphatic rings. The zero-order chi connectivity index (χ0) is 17.6. The maximum absolute atomic E-state index is 6.03. The summed E-state index contributed by atoms with van der Waals surface area (Å²) in [5, 5.41) is 12.2. The van der Waals surface area contributed by atoms with Gasteiger partial charge in [-0.15, -0.1) is 5.10 Å². The second kappa shape index (κ2) is 7.94. The van der Waals surface area contributed by atoms with Gasteiger partial charge in [-0.1, -0.05) is 48.0 Å². The molecule has 25 heavy (non-hydrogen) atoms. The van der Waals surface area contributed by atoms with Crippen LogP contribution in [0.1, 0.15) is 19.4 Å². The van der Waals surface area contributed by atoms with Crippen LogP contribution in [-0.4, -0.2) is 21.2 Å². The first kappa shape index (κ1) is 17.2. The Morgan fingerprint density at radius 1 is 1.08 bits per heavy atom. The third kappa shape index (κ3) is 4.67. The van der Waals surface area contributed by atoms with Crippen molar-refractivity contribution in [3.8, 4) is 0 Å². The average molecular weight is 354 g/mol. The molecule has 0 atom stereocenters. The number of benzene rings is 2. The van der Waals surface area contributed by atoms with E-state index in [9.17, 15) is 0 Å². The van der Waals surface area contributed by atoms with Crippen LogP contribution in [0.4, 0.5) is 17.5 Å². The molecule has 0 saturated carbocycles. The molecule has 0 bridgehead atoms. The highest BCUT2D eigenvalue weighted by molar-refractivity contribution is 6.30. The number of nitrogens with zero attached hydrogens (tertiary/aromatic N) is 4. The van der Waals surface area contributed by atoms with Crippen LogP contribution >= 0.6 is 11.6 Å². The molecule has 6 heteroatoms. The Kier molecular flexibility index (Phi) is 5.46. The smallest absolute Gasteiger partial charge is 0.247 e. The molecule has 2 aromatic carbocycles. The minimum atomic E-state index is 0.239. The van der Waals surface area contributed by atoms with Crippen molar-refractivity contribution in [2.75, 3.05) is 10.2 Å². The zero-order valence-corrected chi connectivity index (χ0v) is 15.0. The second-order valence-corrected chi connectivity index (χ2v) is 6.42. The molecule has 1 N–H and O–H groups in total. The van der Waals surface area contributed by atoms with Crippen molar-refractivity contribution < 1.29 is 0 Å². The van der Waals surface area contributed by atoms with Crippen LogP contribution in [0.3, 0.4) is 0 Å². The average Bonchev–Trinajstić information content (AvgIpc) is 2.60. The molecule has 0 aliphatic carbocycles. The first-order valence-corrected chi connectivity index (χ1v) is 8.52. The van der Waals surface area contributed by atoms with E-state index < -0.39 is 0 Å². The fourth-order valence-electron chi connectivity index (χ4n) is 2.45. The Morgan fingerprint density at radius 2 is 1.88 bits per heavy atom. The van der Waals surface area contributed by atoms with E-state index in [1.165, 1.54) is 5.56 Å². The van der Waals surface area contributed by atoms with Crippen LogP contribution in [0.15, 0.2) is 60.8 Å². The Bertz CT molecular complexity index is 823. The molecule has 0 radical (unpaired) electrons. The minimum absolute atomic E-state index is 0.239. The SMILES string of the molecule is CC(C)N(Cc1ccccc1)c1nncc(Nc2cccc(Cl)c2)n1. The van der Waals surface area contributed by atoms with Gasteiger partial charge >= 0.3 is 0 Å². The van der Waals surface area contributed by atoms with Crippen LogP contribution in [0.5, 0.6) is 0 Å². The van der Waals surface area contributed by atoms with Crippen molar-refractivity contribution in [2.24, 2.45) is 0 Å². The number of hydrogen-bond donors (Lipinski definition) is 1. The Morgan fingerprint density at radius 3 is 2.60 bits per heavy atom. The summed E-state index contributed by atoms with van der Waals surface area (Å²) >= 11 is 6.03. The fourth-order valence-corrected chi connectivity index (χ4v) is 2.64. The van der Waals surface area contributed by atoms with Crippen LogP contribution in [0, 0.1) is 0 Å². The van der Waals surface area contributed by atoms with Crippen LogP contribution in [0.2, 0.25) is 5.02 Å². The van der Waals surface area contributed by atoms with Gasteiger partial charge in [-0.05, 0) is 37.6 Å². The summed E-state index contributed by atoms with van der Waals surface area (Å²) in [5.74, 6) is 1.22. The molecule has 0 spiro atoms. The lowest BCUT2D eigenvalue weighted by atomic mass is 10.2. The van der Waals surface area contributed by atoms with Crippen molar-refractivity contribution in [3.05, 3.63) is 71.4 Å². The Labute approximate surface area is 152 Å². The molecule has 0 aliphatic heterocycles. The van der Waals surface area contributed by atoms with Gasteiger partial charge in [0.05, 0.1) is 6.20 Å². The highest BCUT2D eigenvalue weighted by Gasteiger charge is 2.15. The number of hydrogen-bond acceptors (Lipinski definition) is 5. The number of rotatable bonds is 6. The molecule has 3 aromatic rings. The minimum Gasteiger partial charge on any atom is -0.339 e. The highest BCUT2D eigenvalue weighted by atomic mass is 35.5. The second-order valence-electron chi connectivity index (χ2n) is 5.98. The summed E-state index contributed by atoms with van der Waals surface area (Å²) in [4.78, 5) is 6.73. The molecular weight excluding hydrogens is 334 g/mol. The van der Waals surface area contributed by atoms with E-state index in [2.05, 4.69) is 51.4 Å². The molecular formula is C19H20ClN5. The summed E-state index contributed by atoms with van der Waals surface area (Å²) in [6, 6.07) is 18.0. The van der Waals surface area contributed by atoms with Crippen molar-refractivity contribution in [3.63, 3.8) is 0 Å². The molecule has 0 saturated heterocycles. The van der Waals surface area contributed by atoms with Crippen molar-refractivity contribution in [2.45, 2.75) is 26.4 Å². The quantitative estimate of drug-likeness (QED) is 0.697. The van der Waals surface area contributed by atoms with Crippen molar-refractivity contribution >= 4 is 29.1 Å². The monoisotopic (exact) mass is 353 g/mol. The Balaban J connectivity index is 1.82. The lowest BCUT2D eigenvalue weighted by Gasteiger charge is -2.26. The molecule has 0 unspecified atom stereocenters. The van der Waals surface area contributed by atoms with Gasteiger partial charge < -0.3 is 10.2 Å². The molecule has 1 aromatic heterocycles. The number of nitrogens with one attached hydrogen (secondary N) is 1. The van der Waals surface area contributed by atoms with Crippen LogP contribution < -0.4 is 10.2 Å². The normalized spacial score (nSPS) is 10.7. The molecule has 5 nitrogen and oxygen atoms in total. The van der Waals surface area contributed by atoms with E-state index in [4.69, 9.17) is 11.6 Å². The molecule has 0 fully saturated rings. The van der Waals surface area contributed by atoms with Crippen molar-refractivity contribution in [1.82, 2.24) is 15.2 Å². The third-order valence-electron chi connectivity index (χ3n) is 3.72. The van der Waals surface area contributed by atoms with Gasteiger partial charge in [-0.3, -0.25) is 0 Å². The number of aromatic nitrogens is 3. The van der Waals surface area contributed by atoms with Crippen molar-refractivity contribution in [1.29, 1.82) is 0 Å². The van der Waals surface area contributed by atoms with E-state index in [0.29, 0.717) is 16.8 Å². The van der Waals surface area contributed by atoms with Gasteiger partial charge in [0.15, 0.2) is 5.82 Å². The van der Waals surface area contributed by atoms with E-state index in [1.54, 1.807) is 6.20 Å². The molecule has 0 amide bonds. The predicted octanol–water partition coefficient (Wildman–Crippen LogP) is 4.68. The first-order chi connectivity index (χ1) is 12.1. The molecule has 3 rings (SSSR count). The largest absolute Gasteiger partial charge is 0.339 e. The number of halogens is 1. The van der Waals surface area contributed by atoms with Gasteiger partial charge in [0.2, 0.25) is 5.95 Å². The standard InChI is InChI=1S/C19H20ClN5/c1-14(2)25(13-15-7-4-3-5-8-15)19-23-18(12-21-24-19)22-17-10-6-9-16(20)11-17/h3-12,14H,13H2,1-2H3,(H,22,23,24). The lowest BCUT2D eigenvalue weighted by Crippen LogP contribution is -2.32. The summed E-state index contributed by atoms with van der Waals surface area (Å²) in [5.41, 5.74) is 2.06. The summed E-state index contributed by atoms with van der Waals surface area (Å²) in [6.45, 7) is 4.95. The van der Waals surface area contributed by atoms with E-state index in [1.807, 2.05) is 42.5 Å². The van der Waals surface area contributed by atoms with Crippen LogP contribution in [-0.2, 0) is 6.54 Å². The van der Waals surface area contributed by atoms with Gasteiger partial charge in [0, 0.05) is 23.3 Å². The van der Waals surface area contributed by atoms with Gasteiger partial charge in [0.25, 0.3) is 0 Å². The third-order valence-corrected chi connectivity index (χ3v) is 3.96. The van der Waals surface area contributed by atoms with Gasteiger partial charge in [0.1, 0.15) is 0 Å².